The summed E-state index contributed by atoms with van der Waals surface area (Å²) < 4.78 is 29.9. The standard InChI is InChI=1S/C13H14N8O4S/c1-8-4-5-11(15-14-8)20-12(6-9(2)16-20)18-26(24,25)10-7-19(3)17-13(10)21(22)23/h4-7,18H,1-3H3. The predicted octanol–water partition coefficient (Wildman–Crippen LogP) is 0.722. The van der Waals surface area contributed by atoms with Crippen molar-refractivity contribution in [1.29, 1.82) is 0 Å². The maximum absolute atomic E-state index is 12.6. The van der Waals surface area contributed by atoms with E-state index < -0.39 is 25.7 Å². The van der Waals surface area contributed by atoms with Crippen LogP contribution in [0, 0.1) is 24.0 Å². The number of rotatable bonds is 5. The van der Waals surface area contributed by atoms with Crippen LogP contribution in [-0.2, 0) is 17.1 Å². The Bertz CT molecular complexity index is 1080. The van der Waals surface area contributed by atoms with Gasteiger partial charge in [0.2, 0.25) is 4.90 Å². The predicted molar refractivity (Wildman–Crippen MR) is 89.3 cm³/mol. The van der Waals surface area contributed by atoms with Crippen LogP contribution >= 0.6 is 0 Å². The van der Waals surface area contributed by atoms with E-state index in [4.69, 9.17) is 0 Å². The second-order valence-electron chi connectivity index (χ2n) is 5.47. The van der Waals surface area contributed by atoms with E-state index in [2.05, 4.69) is 25.1 Å². The molecule has 3 aromatic heterocycles. The Morgan fingerprint density at radius 3 is 2.50 bits per heavy atom. The second-order valence-corrected chi connectivity index (χ2v) is 7.12. The zero-order valence-electron chi connectivity index (χ0n) is 14.0. The van der Waals surface area contributed by atoms with Gasteiger partial charge in [0, 0.05) is 6.07 Å². The first-order chi connectivity index (χ1) is 12.2. The van der Waals surface area contributed by atoms with Crippen molar-refractivity contribution in [2.45, 2.75) is 18.7 Å². The zero-order valence-corrected chi connectivity index (χ0v) is 14.8. The van der Waals surface area contributed by atoms with Crippen molar-refractivity contribution in [3.63, 3.8) is 0 Å². The number of nitro groups is 1. The highest BCUT2D eigenvalue weighted by Crippen LogP contribution is 2.25. The monoisotopic (exact) mass is 378 g/mol. The molecule has 0 aliphatic rings. The van der Waals surface area contributed by atoms with Crippen molar-refractivity contribution in [3.05, 3.63) is 45.9 Å². The molecule has 0 spiro atoms. The van der Waals surface area contributed by atoms with Crippen molar-refractivity contribution in [3.8, 4) is 5.82 Å². The van der Waals surface area contributed by atoms with Crippen LogP contribution in [0.3, 0.4) is 0 Å². The molecule has 0 amide bonds. The minimum Gasteiger partial charge on any atom is -0.358 e. The molecule has 0 unspecified atom stereocenters. The quantitative estimate of drug-likeness (QED) is 0.504. The van der Waals surface area contributed by atoms with Gasteiger partial charge in [-0.25, -0.2) is 8.42 Å². The summed E-state index contributed by atoms with van der Waals surface area (Å²) in [5.74, 6) is -0.404. The molecule has 0 saturated heterocycles. The average Bonchev–Trinajstić information content (AvgIpc) is 3.11. The summed E-state index contributed by atoms with van der Waals surface area (Å²) in [6.45, 7) is 3.43. The lowest BCUT2D eigenvalue weighted by Gasteiger charge is -2.08. The Balaban J connectivity index is 2.04. The second kappa shape index (κ2) is 6.18. The van der Waals surface area contributed by atoms with E-state index in [-0.39, 0.29) is 5.82 Å². The normalized spacial score (nSPS) is 11.5. The molecule has 136 valence electrons. The molecule has 3 heterocycles. The summed E-state index contributed by atoms with van der Waals surface area (Å²) in [7, 11) is -2.89. The van der Waals surface area contributed by atoms with Crippen molar-refractivity contribution < 1.29 is 13.3 Å². The third-order valence-electron chi connectivity index (χ3n) is 3.31. The smallest absolute Gasteiger partial charge is 0.358 e. The van der Waals surface area contributed by atoms with Gasteiger partial charge in [-0.05, 0) is 30.9 Å². The van der Waals surface area contributed by atoms with Crippen LogP contribution in [0.15, 0.2) is 29.3 Å². The SMILES string of the molecule is Cc1ccc(-n2nc(C)cc2NS(=O)(=O)c2cn(C)nc2[N+](=O)[O-])nn1. The van der Waals surface area contributed by atoms with Gasteiger partial charge in [0.15, 0.2) is 5.82 Å². The van der Waals surface area contributed by atoms with Gasteiger partial charge in [-0.2, -0.15) is 19.6 Å². The molecule has 0 fully saturated rings. The van der Waals surface area contributed by atoms with Crippen molar-refractivity contribution in [1.82, 2.24) is 29.8 Å². The molecule has 0 aliphatic carbocycles. The van der Waals surface area contributed by atoms with E-state index in [1.54, 1.807) is 26.0 Å². The van der Waals surface area contributed by atoms with Crippen LogP contribution in [0.25, 0.3) is 5.82 Å². The molecular weight excluding hydrogens is 364 g/mol. The van der Waals surface area contributed by atoms with Gasteiger partial charge in [0.05, 0.1) is 29.7 Å². The number of nitrogens with one attached hydrogen (secondary N) is 1. The van der Waals surface area contributed by atoms with Crippen LogP contribution in [0.5, 0.6) is 0 Å². The van der Waals surface area contributed by atoms with Crippen LogP contribution in [-0.4, -0.2) is 43.1 Å². The van der Waals surface area contributed by atoms with Crippen LogP contribution in [0.1, 0.15) is 11.4 Å². The Kier molecular flexibility index (Phi) is 4.15. The van der Waals surface area contributed by atoms with E-state index >= 15 is 0 Å². The molecule has 12 nitrogen and oxygen atoms in total. The molecule has 0 atom stereocenters. The Morgan fingerprint density at radius 2 is 1.88 bits per heavy atom. The zero-order chi connectivity index (χ0) is 19.1. The minimum atomic E-state index is -4.28. The Hall–Kier alpha value is -3.35. The first-order valence-corrected chi connectivity index (χ1v) is 8.74. The molecule has 0 aromatic carbocycles. The molecule has 0 aliphatic heterocycles. The molecule has 0 saturated carbocycles. The number of aromatic nitrogens is 6. The maximum atomic E-state index is 12.6. The number of aryl methyl sites for hydroxylation is 3. The largest absolute Gasteiger partial charge is 0.410 e. The number of sulfonamides is 1. The highest BCUT2D eigenvalue weighted by atomic mass is 32.2. The number of nitrogens with zero attached hydrogens (tertiary/aromatic N) is 7. The first-order valence-electron chi connectivity index (χ1n) is 7.25. The third-order valence-corrected chi connectivity index (χ3v) is 4.66. The molecule has 0 bridgehead atoms. The molecule has 3 aromatic rings. The van der Waals surface area contributed by atoms with Crippen LogP contribution in [0.4, 0.5) is 11.6 Å². The summed E-state index contributed by atoms with van der Waals surface area (Å²) in [6.07, 6.45) is 1.06. The first kappa shape index (κ1) is 17.5. The Morgan fingerprint density at radius 1 is 1.15 bits per heavy atom. The summed E-state index contributed by atoms with van der Waals surface area (Å²) in [5.41, 5.74) is 1.21. The van der Waals surface area contributed by atoms with Crippen LogP contribution in [0.2, 0.25) is 0 Å². The van der Waals surface area contributed by atoms with Gasteiger partial charge >= 0.3 is 5.82 Å². The molecule has 1 N–H and O–H groups in total. The van der Waals surface area contributed by atoms with Gasteiger partial charge in [-0.15, -0.1) is 5.10 Å². The molecule has 0 radical (unpaired) electrons. The molecule has 3 rings (SSSR count). The number of anilines is 1. The van der Waals surface area contributed by atoms with Gasteiger partial charge in [-0.1, -0.05) is 0 Å². The summed E-state index contributed by atoms with van der Waals surface area (Å²) in [5, 5.41) is 26.7. The van der Waals surface area contributed by atoms with E-state index in [1.165, 1.54) is 17.8 Å². The molecular formula is C13H14N8O4S. The van der Waals surface area contributed by atoms with Gasteiger partial charge in [0.1, 0.15) is 5.82 Å². The van der Waals surface area contributed by atoms with Gasteiger partial charge in [0.25, 0.3) is 10.0 Å². The van der Waals surface area contributed by atoms with E-state index in [0.717, 1.165) is 10.9 Å². The number of hydrogen-bond donors (Lipinski definition) is 1. The number of hydrogen-bond acceptors (Lipinski definition) is 8. The summed E-state index contributed by atoms with van der Waals surface area (Å²) in [6, 6.07) is 4.80. The average molecular weight is 378 g/mol. The van der Waals surface area contributed by atoms with Crippen LogP contribution < -0.4 is 4.72 Å². The lowest BCUT2D eigenvalue weighted by molar-refractivity contribution is -0.392. The highest BCUT2D eigenvalue weighted by Gasteiger charge is 2.31. The summed E-state index contributed by atoms with van der Waals surface area (Å²) in [4.78, 5) is 9.65. The van der Waals surface area contributed by atoms with E-state index in [1.807, 2.05) is 0 Å². The lowest BCUT2D eigenvalue weighted by Crippen LogP contribution is -2.17. The highest BCUT2D eigenvalue weighted by molar-refractivity contribution is 7.92. The maximum Gasteiger partial charge on any atom is 0.410 e. The molecule has 26 heavy (non-hydrogen) atoms. The fraction of sp³-hybridized carbons (Fsp3) is 0.231. The van der Waals surface area contributed by atoms with Gasteiger partial charge in [-0.3, -0.25) is 4.72 Å². The van der Waals surface area contributed by atoms with E-state index in [0.29, 0.717) is 17.2 Å². The summed E-state index contributed by atoms with van der Waals surface area (Å²) >= 11 is 0. The Labute approximate surface area is 147 Å². The van der Waals surface area contributed by atoms with E-state index in [9.17, 15) is 18.5 Å². The lowest BCUT2D eigenvalue weighted by atomic mass is 10.4. The fourth-order valence-electron chi connectivity index (χ4n) is 2.22. The topological polar surface area (TPSA) is 151 Å². The third kappa shape index (κ3) is 3.23. The van der Waals surface area contributed by atoms with Gasteiger partial charge < -0.3 is 10.1 Å². The van der Waals surface area contributed by atoms with Crippen molar-refractivity contribution in [2.24, 2.45) is 7.05 Å². The van der Waals surface area contributed by atoms with Crippen molar-refractivity contribution >= 4 is 21.7 Å². The fourth-order valence-corrected chi connectivity index (χ4v) is 3.39. The minimum absolute atomic E-state index is 0.0683. The van der Waals surface area contributed by atoms with Crippen molar-refractivity contribution in [2.75, 3.05) is 4.72 Å². The molecule has 13 heteroatoms.